The van der Waals surface area contributed by atoms with Gasteiger partial charge in [0.2, 0.25) is 0 Å². The maximum atomic E-state index is 17.1. The number of methoxy groups -OCH3 is 1. The topological polar surface area (TPSA) is 274 Å². The quantitative estimate of drug-likeness (QED) is 0.00857. The monoisotopic (exact) mass is 2040 g/mol. The van der Waals surface area contributed by atoms with E-state index in [1.165, 1.54) is 187 Å². The Bertz CT molecular complexity index is 4710. The number of hydrogen-bond donors (Lipinski definition) is 0. The van der Waals surface area contributed by atoms with E-state index in [1.54, 1.807) is 12.1 Å². The molecule has 32 heteroatoms. The van der Waals surface area contributed by atoms with Gasteiger partial charge >= 0.3 is 43.8 Å². The van der Waals surface area contributed by atoms with Crippen LogP contribution in [0.4, 0.5) is 13.2 Å². The maximum Gasteiger partial charge on any atom is 0.475 e. The summed E-state index contributed by atoms with van der Waals surface area (Å²) in [6, 6.07) is 32.8. The van der Waals surface area contributed by atoms with E-state index in [0.717, 1.165) is 69.6 Å². The number of nitriles is 1. The van der Waals surface area contributed by atoms with Gasteiger partial charge in [0, 0.05) is 67.9 Å². The van der Waals surface area contributed by atoms with Crippen molar-refractivity contribution in [1.82, 2.24) is 0 Å². The Morgan fingerprint density at radius 3 is 1.42 bits per heavy atom. The third-order valence-corrected chi connectivity index (χ3v) is 25.3. The smallest absolute Gasteiger partial charge is 0.475 e. The van der Waals surface area contributed by atoms with Crippen molar-refractivity contribution in [3.63, 3.8) is 0 Å². The van der Waals surface area contributed by atoms with Crippen LogP contribution in [0, 0.1) is 11.3 Å². The molecule has 0 amide bonds. The van der Waals surface area contributed by atoms with Crippen LogP contribution in [0.15, 0.2) is 191 Å². The molecule has 132 heavy (non-hydrogen) atoms. The lowest BCUT2D eigenvalue weighted by atomic mass is 9.76. The van der Waals surface area contributed by atoms with Crippen LogP contribution in [0.25, 0.3) is 0 Å². The first kappa shape index (κ1) is 108. The predicted octanol–water partition coefficient (Wildman–Crippen LogP) is 25.8. The zero-order valence-corrected chi connectivity index (χ0v) is 81.3. The molecule has 6 aromatic carbocycles. The Morgan fingerprint density at radius 2 is 0.955 bits per heavy atom. The summed E-state index contributed by atoms with van der Waals surface area (Å²) in [4.78, 5) is 74.6. The molecule has 1 aliphatic carbocycles. The number of alkyl halides is 3. The van der Waals surface area contributed by atoms with Crippen LogP contribution in [0.3, 0.4) is 0 Å². The van der Waals surface area contributed by atoms with Crippen molar-refractivity contribution in [3.05, 3.63) is 228 Å². The Balaban J connectivity index is 1.17. The van der Waals surface area contributed by atoms with E-state index in [9.17, 15) is 14.9 Å². The van der Waals surface area contributed by atoms with Crippen molar-refractivity contribution in [2.24, 2.45) is 0 Å². The van der Waals surface area contributed by atoms with Crippen LogP contribution in [0.1, 0.15) is 222 Å². The minimum absolute atomic E-state index is 0.0199. The fraction of sp³-hybridized carbons (Fsp3) is 0.500. The number of rotatable bonds is 59. The molecule has 6 aromatic rings. The van der Waals surface area contributed by atoms with Crippen molar-refractivity contribution < 1.29 is 117 Å². The van der Waals surface area contributed by atoms with Gasteiger partial charge in [-0.25, -0.2) is 18.9 Å². The highest BCUT2D eigenvalue weighted by Gasteiger charge is 2.65. The zero-order valence-electron chi connectivity index (χ0n) is 74.9. The molecule has 0 aromatic heterocycles. The second kappa shape index (κ2) is 57.7. The lowest BCUT2D eigenvalue weighted by Crippen LogP contribution is -2.70. The number of ether oxygens (including phenoxy) is 13. The number of esters is 5. The first-order chi connectivity index (χ1) is 63.8. The van der Waals surface area contributed by atoms with Gasteiger partial charge in [-0.2, -0.15) is 18.4 Å². The summed E-state index contributed by atoms with van der Waals surface area (Å²) in [6.07, 6.45) is 18.8. The first-order valence-electron chi connectivity index (χ1n) is 45.4. The van der Waals surface area contributed by atoms with Gasteiger partial charge in [-0.15, -0.1) is 0 Å². The molecule has 23 nitrogen and oxygen atoms in total. The molecule has 0 spiro atoms. The highest BCUT2D eigenvalue weighted by atomic mass is 79.9. The SMILES string of the molecule is CCCCC/C=C\C/C=C\C/C=C\C/C=C\CCCC(=O)O[C@H](COC(=O)CCCCCCCCCCCCCCCCC)COP(=O)(OCCC#N)O[C@H]1[C@@H](OC2(OC)CCOCC2)[C@@H](OC(=O)COc2ccc(Cl)cc2)[C@H](OC(=O)COc2ccc(Cl)cc2)[C@@H](OC(=O)COc2ccc(Cl)cc2)[C@@H]1OC1(c2cccc(C(F)(F)F)c2)c2cc(Br)ccc2Oc2ccc(Br)cc21. The molecule has 2 aliphatic heterocycles. The van der Waals surface area contributed by atoms with Gasteiger partial charge in [0.1, 0.15) is 53.7 Å². The largest absolute Gasteiger partial charge is 0.482 e. The maximum absolute atomic E-state index is 17.1. The lowest BCUT2D eigenvalue weighted by molar-refractivity contribution is -0.335. The number of carbonyl (C=O) groups is 5. The second-order valence-corrected chi connectivity index (χ2v) is 36.9. The minimum atomic E-state index is -5.79. The van der Waals surface area contributed by atoms with E-state index in [-0.39, 0.29) is 84.3 Å². The normalized spacial score (nSPS) is 18.2. The number of nitrogens with zero attached hydrogens (tertiary/aromatic N) is 1. The summed E-state index contributed by atoms with van der Waals surface area (Å²) in [6.45, 7) is -1.15. The number of fused-ring (bicyclic) bond motifs is 2. The molecule has 8 atom stereocenters. The fourth-order valence-corrected chi connectivity index (χ4v) is 17.7. The van der Waals surface area contributed by atoms with Crippen molar-refractivity contribution >= 4 is 104 Å². The van der Waals surface area contributed by atoms with Crippen molar-refractivity contribution in [1.29, 1.82) is 5.26 Å². The highest BCUT2D eigenvalue weighted by Crippen LogP contribution is 2.59. The van der Waals surface area contributed by atoms with Gasteiger partial charge < -0.3 is 61.6 Å². The summed E-state index contributed by atoms with van der Waals surface area (Å²) in [5.74, 6) is -7.04. The Kier molecular flexibility index (Phi) is 47.0. The number of unbranched alkanes of at least 4 members (excludes halogenated alkanes) is 18. The highest BCUT2D eigenvalue weighted by molar-refractivity contribution is 9.10. The number of hydrogen-bond acceptors (Lipinski definition) is 23. The van der Waals surface area contributed by atoms with Crippen LogP contribution in [0.5, 0.6) is 28.7 Å². The average Bonchev–Trinajstić information content (AvgIpc) is 0.703. The van der Waals surface area contributed by atoms with Gasteiger partial charge in [-0.1, -0.05) is 244 Å². The summed E-state index contributed by atoms with van der Waals surface area (Å²) >= 11 is 26.1. The molecule has 718 valence electrons. The van der Waals surface area contributed by atoms with Gasteiger partial charge in [-0.3, -0.25) is 23.2 Å². The van der Waals surface area contributed by atoms with Crippen molar-refractivity contribution in [3.8, 4) is 34.8 Å². The Morgan fingerprint density at radius 1 is 0.515 bits per heavy atom. The van der Waals surface area contributed by atoms with E-state index in [1.807, 2.05) is 24.3 Å². The summed E-state index contributed by atoms with van der Waals surface area (Å²) in [7, 11) is -4.50. The third kappa shape index (κ3) is 36.2. The predicted molar refractivity (Wildman–Crippen MR) is 503 cm³/mol. The van der Waals surface area contributed by atoms with Gasteiger partial charge in [0.05, 0.1) is 44.5 Å². The number of allylic oxidation sites excluding steroid dienone is 8. The van der Waals surface area contributed by atoms with E-state index >= 15 is 32.1 Å². The van der Waals surface area contributed by atoms with E-state index < -0.39 is 150 Å². The average molecular weight is 2040 g/mol. The Labute approximate surface area is 804 Å². The molecular formula is C100H120Br2Cl3F3NO22P. The number of carbonyl (C=O) groups excluding carboxylic acids is 5. The van der Waals surface area contributed by atoms with Crippen LogP contribution < -0.4 is 18.9 Å². The lowest BCUT2D eigenvalue weighted by Gasteiger charge is -2.53. The van der Waals surface area contributed by atoms with Gasteiger partial charge in [0.25, 0.3) is 0 Å². The summed E-state index contributed by atoms with van der Waals surface area (Å²) in [5, 5.41) is 11.2. The third-order valence-electron chi connectivity index (χ3n) is 22.1. The molecule has 0 bridgehead atoms. The molecule has 0 N–H and O–H groups in total. The van der Waals surface area contributed by atoms with E-state index in [0.29, 0.717) is 49.7 Å². The van der Waals surface area contributed by atoms with E-state index in [2.05, 4.69) is 76.1 Å². The molecule has 1 saturated carbocycles. The zero-order chi connectivity index (χ0) is 94.4. The van der Waals surface area contributed by atoms with Crippen LogP contribution in [-0.4, -0.2) is 138 Å². The molecule has 3 aliphatic rings. The van der Waals surface area contributed by atoms with Crippen LogP contribution in [-0.2, 0) is 96.5 Å². The fourth-order valence-electron chi connectivity index (χ4n) is 15.2. The van der Waals surface area contributed by atoms with Crippen LogP contribution in [0.2, 0.25) is 15.1 Å². The molecule has 1 unspecified atom stereocenters. The molecule has 2 heterocycles. The number of benzene rings is 6. The van der Waals surface area contributed by atoms with Crippen molar-refractivity contribution in [2.45, 2.75) is 260 Å². The van der Waals surface area contributed by atoms with Gasteiger partial charge in [-0.05, 0) is 178 Å². The number of phosphoric ester groups is 1. The van der Waals surface area contributed by atoms with E-state index in [4.69, 9.17) is 110 Å². The number of halogens is 8. The molecule has 2 fully saturated rings. The summed E-state index contributed by atoms with van der Waals surface area (Å²) < 4.78 is 169. The minimum Gasteiger partial charge on any atom is -0.482 e. The molecule has 9 rings (SSSR count). The Hall–Kier alpha value is -8.11. The first-order valence-corrected chi connectivity index (χ1v) is 49.6. The number of phosphoric acid groups is 1. The molecular weight excluding hydrogens is 1920 g/mol. The molecule has 0 radical (unpaired) electrons. The molecule has 1 saturated heterocycles. The standard InChI is InChI=1S/C100H120Br2Cl3F3NO22P/c1-4-6-8-10-12-14-16-18-20-21-23-25-27-29-31-33-35-41-88(111)124-82(67-121-87(110)40-34-32-30-28-26-24-22-19-17-15-13-11-9-7-5-2)68-123-132(115,122-61-37-60-109)131-97-95(129-98(116-3)58-62-117-63-59-98)93(127-90(113)70-119-80-52-46-77(104)47-53-80)92(126-89(112)69-118-79-50-44-76(103)45-51-79)94(128-91(114)71-120-81-54-48-78(105)49-55-81)96(97)130-99(72-38-36-39-73(64-72)100(106,107)108)83-65-74(101)42-56-85(83)125-86-57-43-75(102)66-84(86)99/h12,14,18,20,23,25,29,31,36,38-39,42-57,64-66,82,92-97H,4-11,13,15-17,19,21-22,24,26-28,30,32-35,37,40-41,58-59,61-63,67-71H2,1-3H3/b14-12-,20-18-,25-23-,31-29-/t82-,92+,93+,94-,95+,96+,97+,132?/m1/s1. The van der Waals surface area contributed by atoms with Crippen LogP contribution >= 0.6 is 74.5 Å². The summed E-state index contributed by atoms with van der Waals surface area (Å²) in [5.41, 5.74) is -4.24. The second-order valence-electron chi connectivity index (χ2n) is 32.2. The van der Waals surface area contributed by atoms with Crippen molar-refractivity contribution in [2.75, 3.05) is 60.0 Å². The van der Waals surface area contributed by atoms with Gasteiger partial charge in [0.15, 0.2) is 55.6 Å².